The highest BCUT2D eigenvalue weighted by Crippen LogP contribution is 2.32. The molecule has 2 N–H and O–H groups in total. The van der Waals surface area contributed by atoms with E-state index in [1.165, 1.54) is 4.90 Å². The molecule has 1 heterocycles. The number of methoxy groups -OCH3 is 2. The zero-order valence-corrected chi connectivity index (χ0v) is 24.3. The van der Waals surface area contributed by atoms with E-state index < -0.39 is 0 Å². The lowest BCUT2D eigenvalue weighted by molar-refractivity contribution is 0.0828. The minimum absolute atomic E-state index is 0.0373. The van der Waals surface area contributed by atoms with Crippen molar-refractivity contribution in [1.82, 2.24) is 14.8 Å². The van der Waals surface area contributed by atoms with Gasteiger partial charge in [-0.2, -0.15) is 0 Å². The lowest BCUT2D eigenvalue weighted by Crippen LogP contribution is -2.42. The normalized spacial score (nSPS) is 11.7. The number of urea groups is 1. The van der Waals surface area contributed by atoms with Crippen molar-refractivity contribution in [2.45, 2.75) is 26.8 Å². The van der Waals surface area contributed by atoms with Gasteiger partial charge in [0.15, 0.2) is 0 Å². The van der Waals surface area contributed by atoms with Gasteiger partial charge in [0.1, 0.15) is 11.6 Å². The molecular formula is C31H39N5O4. The molecule has 0 atom stereocenters. The Balaban J connectivity index is 1.88. The first-order chi connectivity index (χ1) is 19.2. The molecule has 3 amide bonds. The van der Waals surface area contributed by atoms with Crippen LogP contribution in [0.1, 0.15) is 36.7 Å². The van der Waals surface area contributed by atoms with Crippen LogP contribution in [-0.4, -0.2) is 80.4 Å². The molecule has 3 aromatic rings. The van der Waals surface area contributed by atoms with E-state index in [9.17, 15) is 9.59 Å². The van der Waals surface area contributed by atoms with Gasteiger partial charge in [0.25, 0.3) is 5.91 Å². The molecule has 0 radical (unpaired) electrons. The molecule has 0 saturated heterocycles. The predicted molar refractivity (Wildman–Crippen MR) is 162 cm³/mol. The third kappa shape index (κ3) is 7.39. The van der Waals surface area contributed by atoms with E-state index in [4.69, 9.17) is 9.47 Å². The zero-order valence-electron chi connectivity index (χ0n) is 24.3. The molecule has 0 aliphatic rings. The molecule has 212 valence electrons. The van der Waals surface area contributed by atoms with Crippen molar-refractivity contribution < 1.29 is 19.1 Å². The summed E-state index contributed by atoms with van der Waals surface area (Å²) in [6.07, 6.45) is 5.56. The molecule has 0 aliphatic carbocycles. The summed E-state index contributed by atoms with van der Waals surface area (Å²) in [5.74, 6) is 1.24. The SMILES string of the molecule is C/C=C(\C=N/c1cc(-c2ccccc2OC)c[nH]1)c1ccc(NC(=O)N(CCOC)C(C)C)c(C(=O)N(C)C)c1. The second-order valence-corrected chi connectivity index (χ2v) is 9.65. The van der Waals surface area contributed by atoms with Crippen LogP contribution in [0.5, 0.6) is 5.75 Å². The zero-order chi connectivity index (χ0) is 29.2. The Morgan fingerprint density at radius 3 is 2.50 bits per heavy atom. The molecular weight excluding hydrogens is 506 g/mol. The fourth-order valence-corrected chi connectivity index (χ4v) is 4.17. The number of hydrogen-bond acceptors (Lipinski definition) is 5. The van der Waals surface area contributed by atoms with Crippen molar-refractivity contribution >= 4 is 35.2 Å². The van der Waals surface area contributed by atoms with Gasteiger partial charge in [-0.05, 0) is 56.2 Å². The number of H-pyrrole nitrogens is 1. The summed E-state index contributed by atoms with van der Waals surface area (Å²) in [5, 5.41) is 2.92. The molecule has 0 unspecified atom stereocenters. The topological polar surface area (TPSA) is 99.3 Å². The number of amides is 3. The summed E-state index contributed by atoms with van der Waals surface area (Å²) in [7, 11) is 6.61. The van der Waals surface area contributed by atoms with Crippen molar-refractivity contribution in [3.8, 4) is 16.9 Å². The van der Waals surface area contributed by atoms with Crippen molar-refractivity contribution in [3.05, 3.63) is 71.9 Å². The maximum atomic E-state index is 13.1. The van der Waals surface area contributed by atoms with Crippen molar-refractivity contribution in [2.75, 3.05) is 46.8 Å². The molecule has 0 bridgehead atoms. The van der Waals surface area contributed by atoms with Crippen molar-refractivity contribution in [3.63, 3.8) is 0 Å². The highest BCUT2D eigenvalue weighted by molar-refractivity contribution is 6.12. The number of aromatic amines is 1. The summed E-state index contributed by atoms with van der Waals surface area (Å²) < 4.78 is 10.6. The van der Waals surface area contributed by atoms with Crippen LogP contribution >= 0.6 is 0 Å². The molecule has 0 saturated carbocycles. The van der Waals surface area contributed by atoms with E-state index in [0.29, 0.717) is 30.2 Å². The summed E-state index contributed by atoms with van der Waals surface area (Å²) in [6.45, 7) is 6.64. The third-order valence-electron chi connectivity index (χ3n) is 6.39. The standard InChI is InChI=1S/C31H39N5O4/c1-8-22(19-32-29-18-24(20-33-29)25-11-9-10-12-28(25)40-7)23-13-14-27(26(17-23)30(37)35(4)5)34-31(38)36(21(2)3)15-16-39-6/h8-14,17-21,33H,15-16H2,1-7H3,(H,34,38)/b22-8+,32-19-. The maximum Gasteiger partial charge on any atom is 0.322 e. The largest absolute Gasteiger partial charge is 0.496 e. The van der Waals surface area contributed by atoms with Crippen LogP contribution in [0, 0.1) is 0 Å². The fourth-order valence-electron chi connectivity index (χ4n) is 4.17. The van der Waals surface area contributed by atoms with E-state index in [2.05, 4.69) is 15.3 Å². The van der Waals surface area contributed by atoms with Crippen LogP contribution in [-0.2, 0) is 4.74 Å². The van der Waals surface area contributed by atoms with Gasteiger partial charge in [-0.3, -0.25) is 4.79 Å². The second kappa shape index (κ2) is 14.1. The Bertz CT molecular complexity index is 1370. The summed E-state index contributed by atoms with van der Waals surface area (Å²) in [5.41, 5.74) is 4.38. The number of aromatic nitrogens is 1. The number of carbonyl (C=O) groups excluding carboxylic acids is 2. The minimum Gasteiger partial charge on any atom is -0.496 e. The minimum atomic E-state index is -0.293. The first-order valence-corrected chi connectivity index (χ1v) is 13.1. The lowest BCUT2D eigenvalue weighted by atomic mass is 10.0. The van der Waals surface area contributed by atoms with E-state index in [-0.39, 0.29) is 18.0 Å². The summed E-state index contributed by atoms with van der Waals surface area (Å²) >= 11 is 0. The Kier molecular flexibility index (Phi) is 10.7. The number of hydrogen-bond donors (Lipinski definition) is 2. The monoisotopic (exact) mass is 545 g/mol. The number of ether oxygens (including phenoxy) is 2. The third-order valence-corrected chi connectivity index (χ3v) is 6.39. The molecule has 0 spiro atoms. The number of benzene rings is 2. The van der Waals surface area contributed by atoms with Crippen LogP contribution in [0.3, 0.4) is 0 Å². The summed E-state index contributed by atoms with van der Waals surface area (Å²) in [4.78, 5) is 37.2. The van der Waals surface area contributed by atoms with E-state index in [1.54, 1.807) is 51.6 Å². The van der Waals surface area contributed by atoms with Gasteiger partial charge in [0, 0.05) is 57.3 Å². The van der Waals surface area contributed by atoms with E-state index >= 15 is 0 Å². The Hall–Kier alpha value is -4.37. The van der Waals surface area contributed by atoms with Crippen LogP contribution in [0.25, 0.3) is 16.7 Å². The highest BCUT2D eigenvalue weighted by atomic mass is 16.5. The lowest BCUT2D eigenvalue weighted by Gasteiger charge is -2.27. The quantitative estimate of drug-likeness (QED) is 0.285. The predicted octanol–water partition coefficient (Wildman–Crippen LogP) is 6.09. The van der Waals surface area contributed by atoms with Crippen LogP contribution in [0.15, 0.2) is 65.8 Å². The molecule has 0 fully saturated rings. The first kappa shape index (κ1) is 30.2. The molecule has 2 aromatic carbocycles. The van der Waals surface area contributed by atoms with Gasteiger partial charge >= 0.3 is 6.03 Å². The molecule has 3 rings (SSSR count). The molecule has 0 aliphatic heterocycles. The van der Waals surface area contributed by atoms with Gasteiger partial charge in [-0.25, -0.2) is 9.79 Å². The number of nitrogens with zero attached hydrogens (tertiary/aromatic N) is 3. The first-order valence-electron chi connectivity index (χ1n) is 13.1. The van der Waals surface area contributed by atoms with E-state index in [1.807, 2.05) is 69.4 Å². The number of carbonyl (C=O) groups is 2. The molecule has 9 nitrogen and oxygen atoms in total. The van der Waals surface area contributed by atoms with Crippen molar-refractivity contribution in [2.24, 2.45) is 4.99 Å². The molecule has 40 heavy (non-hydrogen) atoms. The number of aliphatic imine (C=N–C) groups is 1. The smallest absolute Gasteiger partial charge is 0.322 e. The van der Waals surface area contributed by atoms with Crippen LogP contribution in [0.4, 0.5) is 16.3 Å². The Morgan fingerprint density at radius 2 is 1.85 bits per heavy atom. The van der Waals surface area contributed by atoms with Gasteiger partial charge in [0.2, 0.25) is 0 Å². The van der Waals surface area contributed by atoms with Gasteiger partial charge < -0.3 is 29.6 Å². The summed E-state index contributed by atoms with van der Waals surface area (Å²) in [6, 6.07) is 14.8. The Morgan fingerprint density at radius 1 is 1.10 bits per heavy atom. The number of para-hydroxylation sites is 1. The average Bonchev–Trinajstić information content (AvgIpc) is 3.42. The average molecular weight is 546 g/mol. The fraction of sp³-hybridized carbons (Fsp3) is 0.323. The molecule has 9 heteroatoms. The van der Waals surface area contributed by atoms with Gasteiger partial charge in [-0.15, -0.1) is 0 Å². The van der Waals surface area contributed by atoms with Gasteiger partial charge in [-0.1, -0.05) is 30.3 Å². The Labute approximate surface area is 236 Å². The van der Waals surface area contributed by atoms with Crippen LogP contribution in [0.2, 0.25) is 0 Å². The van der Waals surface area contributed by atoms with Gasteiger partial charge in [0.05, 0.1) is 25.0 Å². The highest BCUT2D eigenvalue weighted by Gasteiger charge is 2.21. The number of anilines is 1. The number of nitrogens with one attached hydrogen (secondary N) is 2. The number of rotatable bonds is 11. The van der Waals surface area contributed by atoms with Crippen molar-refractivity contribution in [1.29, 1.82) is 0 Å². The molecule has 1 aromatic heterocycles. The maximum absolute atomic E-state index is 13.1. The van der Waals surface area contributed by atoms with E-state index in [0.717, 1.165) is 28.0 Å². The van der Waals surface area contributed by atoms with Crippen LogP contribution < -0.4 is 10.1 Å². The number of allylic oxidation sites excluding steroid dienone is 2. The second-order valence-electron chi connectivity index (χ2n) is 9.65.